The van der Waals surface area contributed by atoms with E-state index >= 15 is 0 Å². The molecule has 0 N–H and O–H groups in total. The molecule has 0 atom stereocenters. The Labute approximate surface area is 350 Å². The molecule has 4 heteroatoms. The van der Waals surface area contributed by atoms with Crippen molar-refractivity contribution in [2.24, 2.45) is 23.7 Å². The molecule has 0 unspecified atom stereocenters. The van der Waals surface area contributed by atoms with Crippen LogP contribution in [0, 0.1) is 23.7 Å². The molecule has 9 aromatic rings. The monoisotopic (exact) mass is 770 g/mol. The van der Waals surface area contributed by atoms with Crippen molar-refractivity contribution in [3.63, 3.8) is 0 Å². The van der Waals surface area contributed by atoms with Crippen LogP contribution in [0.25, 0.3) is 89.2 Å². The second-order valence-electron chi connectivity index (χ2n) is 17.8. The minimum Gasteiger partial charge on any atom is -0.256 e. The molecule has 0 radical (unpaired) electrons. The maximum Gasteiger partial charge on any atom is 0.164 e. The van der Waals surface area contributed by atoms with E-state index in [0.717, 1.165) is 67.8 Å². The summed E-state index contributed by atoms with van der Waals surface area (Å²) in [5, 5.41) is 3.47. The van der Waals surface area contributed by atoms with Crippen molar-refractivity contribution < 1.29 is 0 Å². The summed E-state index contributed by atoms with van der Waals surface area (Å²) in [4.78, 5) is 20.2. The Hall–Kier alpha value is -6.78. The van der Waals surface area contributed by atoms with Gasteiger partial charge in [0, 0.05) is 39.3 Å². The Balaban J connectivity index is 0.937. The van der Waals surface area contributed by atoms with Crippen LogP contribution in [0.15, 0.2) is 170 Å². The van der Waals surface area contributed by atoms with Gasteiger partial charge >= 0.3 is 0 Å². The second-order valence-corrected chi connectivity index (χ2v) is 17.8. The van der Waals surface area contributed by atoms with E-state index in [9.17, 15) is 0 Å². The minimum absolute atomic E-state index is 0.129. The SMILES string of the molecule is c1ccc(-c2nc(-c3ccc(-c4cccc5cccnc45)cc3)nc(-c3ccc(-c4ccc5c(c4)C4(c6ccccc6-5)C5CC6CC(C5)CC4C6)c4ccccc34)n2)cc1. The van der Waals surface area contributed by atoms with E-state index in [-0.39, 0.29) is 5.41 Å². The minimum atomic E-state index is 0.129. The maximum atomic E-state index is 5.24. The zero-order valence-corrected chi connectivity index (χ0v) is 33.3. The normalized spacial score (nSPS) is 22.1. The molecule has 2 aromatic heterocycles. The Bertz CT molecular complexity index is 3130. The standard InChI is InChI=1S/C56H42N4/c1-2-10-38(11-3-1)53-58-54(39-21-19-36(20-22-39)44-17-8-12-37-13-9-27-57-52(37)44)60-55(59-53)49-26-25-43(45-14-4-5-15-46(45)49)40-23-24-48-47-16-6-7-18-50(47)56(51(48)33-40)41-29-34-28-35(31-41)32-42(56)30-34/h1-27,33-35,41-42H,28-32H2. The van der Waals surface area contributed by atoms with Crippen LogP contribution in [0.5, 0.6) is 0 Å². The van der Waals surface area contributed by atoms with Gasteiger partial charge in [-0.1, -0.05) is 146 Å². The lowest BCUT2D eigenvalue weighted by Gasteiger charge is -2.61. The van der Waals surface area contributed by atoms with Gasteiger partial charge in [-0.05, 0) is 124 Å². The van der Waals surface area contributed by atoms with E-state index in [1.54, 1.807) is 11.1 Å². The van der Waals surface area contributed by atoms with Crippen LogP contribution in [0.1, 0.15) is 43.2 Å². The van der Waals surface area contributed by atoms with Gasteiger partial charge in [0.25, 0.3) is 0 Å². The molecule has 4 nitrogen and oxygen atoms in total. The molecule has 5 aliphatic rings. The van der Waals surface area contributed by atoms with Crippen molar-refractivity contribution in [2.45, 2.75) is 37.5 Å². The van der Waals surface area contributed by atoms with Crippen molar-refractivity contribution in [1.29, 1.82) is 0 Å². The Kier molecular flexibility index (Phi) is 7.46. The predicted octanol–water partition coefficient (Wildman–Crippen LogP) is 13.6. The molecular formula is C56H42N4. The molecule has 4 saturated carbocycles. The fraction of sp³-hybridized carbons (Fsp3) is 0.179. The molecule has 4 fully saturated rings. The summed E-state index contributed by atoms with van der Waals surface area (Å²) in [5.74, 6) is 5.26. The lowest BCUT2D eigenvalue weighted by atomic mass is 9.43. The fourth-order valence-electron chi connectivity index (χ4n) is 12.5. The summed E-state index contributed by atoms with van der Waals surface area (Å²) in [7, 11) is 0. The summed E-state index contributed by atoms with van der Waals surface area (Å²) in [6, 6.07) is 59.4. The number of hydrogen-bond acceptors (Lipinski definition) is 4. The van der Waals surface area contributed by atoms with E-state index in [2.05, 4.69) is 140 Å². The Morgan fingerprint density at radius 1 is 0.383 bits per heavy atom. The molecule has 0 amide bonds. The summed E-state index contributed by atoms with van der Waals surface area (Å²) in [6.45, 7) is 0. The van der Waals surface area contributed by atoms with Crippen LogP contribution in [-0.4, -0.2) is 19.9 Å². The van der Waals surface area contributed by atoms with Crippen LogP contribution < -0.4 is 0 Å². The third-order valence-electron chi connectivity index (χ3n) is 14.8. The van der Waals surface area contributed by atoms with Crippen molar-refractivity contribution in [2.75, 3.05) is 0 Å². The third kappa shape index (κ3) is 5.03. The quantitative estimate of drug-likeness (QED) is 0.175. The summed E-state index contributed by atoms with van der Waals surface area (Å²) < 4.78 is 0. The average molecular weight is 771 g/mol. The van der Waals surface area contributed by atoms with Gasteiger partial charge in [0.1, 0.15) is 0 Å². The Morgan fingerprint density at radius 3 is 1.73 bits per heavy atom. The molecule has 5 aliphatic carbocycles. The number of nitrogens with zero attached hydrogens (tertiary/aromatic N) is 4. The first kappa shape index (κ1) is 34.1. The lowest BCUT2D eigenvalue weighted by molar-refractivity contribution is -0.0399. The molecule has 0 aliphatic heterocycles. The van der Waals surface area contributed by atoms with E-state index in [4.69, 9.17) is 19.9 Å². The van der Waals surface area contributed by atoms with E-state index in [0.29, 0.717) is 17.5 Å². The highest BCUT2D eigenvalue weighted by Crippen LogP contribution is 2.69. The molecular weight excluding hydrogens is 729 g/mol. The van der Waals surface area contributed by atoms with Gasteiger partial charge < -0.3 is 0 Å². The van der Waals surface area contributed by atoms with Crippen LogP contribution in [0.3, 0.4) is 0 Å². The highest BCUT2D eigenvalue weighted by atomic mass is 15.0. The highest BCUT2D eigenvalue weighted by Gasteiger charge is 2.61. The molecule has 2 heterocycles. The van der Waals surface area contributed by atoms with Crippen LogP contribution in [-0.2, 0) is 5.41 Å². The zero-order valence-electron chi connectivity index (χ0n) is 33.3. The Morgan fingerprint density at radius 2 is 0.950 bits per heavy atom. The van der Waals surface area contributed by atoms with Gasteiger partial charge in [-0.3, -0.25) is 4.98 Å². The van der Waals surface area contributed by atoms with Crippen molar-refractivity contribution in [3.05, 3.63) is 181 Å². The topological polar surface area (TPSA) is 51.6 Å². The number of hydrogen-bond donors (Lipinski definition) is 0. The van der Waals surface area contributed by atoms with Crippen LogP contribution in [0.2, 0.25) is 0 Å². The predicted molar refractivity (Wildman–Crippen MR) is 243 cm³/mol. The first-order valence-electron chi connectivity index (χ1n) is 21.7. The lowest BCUT2D eigenvalue weighted by Crippen LogP contribution is -2.55. The first-order valence-corrected chi connectivity index (χ1v) is 21.7. The highest BCUT2D eigenvalue weighted by molar-refractivity contribution is 6.05. The number of rotatable bonds is 5. The van der Waals surface area contributed by atoms with Gasteiger partial charge in [0.05, 0.1) is 5.52 Å². The molecule has 4 bridgehead atoms. The number of pyridine rings is 1. The summed E-state index contributed by atoms with van der Waals surface area (Å²) in [5.41, 5.74) is 14.9. The van der Waals surface area contributed by atoms with Crippen LogP contribution in [0.4, 0.5) is 0 Å². The fourth-order valence-corrected chi connectivity index (χ4v) is 12.5. The average Bonchev–Trinajstić information content (AvgIpc) is 3.60. The third-order valence-corrected chi connectivity index (χ3v) is 14.8. The van der Waals surface area contributed by atoms with Crippen molar-refractivity contribution in [3.8, 4) is 67.5 Å². The molecule has 60 heavy (non-hydrogen) atoms. The molecule has 14 rings (SSSR count). The van der Waals surface area contributed by atoms with E-state index < -0.39 is 0 Å². The molecule has 286 valence electrons. The smallest absolute Gasteiger partial charge is 0.164 e. The van der Waals surface area contributed by atoms with Gasteiger partial charge in [0.15, 0.2) is 17.5 Å². The number of aromatic nitrogens is 4. The van der Waals surface area contributed by atoms with Gasteiger partial charge in [0.2, 0.25) is 0 Å². The van der Waals surface area contributed by atoms with Crippen molar-refractivity contribution in [1.82, 2.24) is 19.9 Å². The first-order chi connectivity index (χ1) is 29.7. The maximum absolute atomic E-state index is 5.24. The summed E-state index contributed by atoms with van der Waals surface area (Å²) in [6.07, 6.45) is 8.85. The second kappa shape index (κ2) is 13.1. The van der Waals surface area contributed by atoms with E-state index in [1.807, 2.05) is 30.5 Å². The molecule has 1 spiro atoms. The van der Waals surface area contributed by atoms with E-state index in [1.165, 1.54) is 59.7 Å². The number of para-hydroxylation sites is 1. The zero-order chi connectivity index (χ0) is 39.4. The number of benzene rings is 7. The largest absolute Gasteiger partial charge is 0.256 e. The van der Waals surface area contributed by atoms with Gasteiger partial charge in [-0.25, -0.2) is 15.0 Å². The molecule has 7 aromatic carbocycles. The van der Waals surface area contributed by atoms with Crippen LogP contribution >= 0.6 is 0 Å². The molecule has 0 saturated heterocycles. The van der Waals surface area contributed by atoms with Gasteiger partial charge in [-0.15, -0.1) is 0 Å². The summed E-state index contributed by atoms with van der Waals surface area (Å²) >= 11 is 0. The number of fused-ring (bicyclic) bond motifs is 5. The van der Waals surface area contributed by atoms with Gasteiger partial charge in [-0.2, -0.15) is 0 Å². The van der Waals surface area contributed by atoms with Crippen molar-refractivity contribution >= 4 is 21.7 Å².